The van der Waals surface area contributed by atoms with Gasteiger partial charge in [-0.15, -0.1) is 0 Å². The molecule has 0 radical (unpaired) electrons. The summed E-state index contributed by atoms with van der Waals surface area (Å²) in [5.41, 5.74) is 5.87. The van der Waals surface area contributed by atoms with Crippen LogP contribution < -0.4 is 5.73 Å². The number of nitrogens with zero attached hydrogens (tertiary/aromatic N) is 1. The van der Waals surface area contributed by atoms with Crippen LogP contribution in [0.4, 0.5) is 0 Å². The maximum absolute atomic E-state index is 5.87. The van der Waals surface area contributed by atoms with E-state index in [1.807, 2.05) is 0 Å². The van der Waals surface area contributed by atoms with Gasteiger partial charge in [0, 0.05) is 25.2 Å². The van der Waals surface area contributed by atoms with Crippen molar-refractivity contribution in [2.45, 2.75) is 51.6 Å². The van der Waals surface area contributed by atoms with Gasteiger partial charge in [-0.1, -0.05) is 26.2 Å². The molecule has 3 nitrogen and oxygen atoms in total. The minimum absolute atomic E-state index is 0.536. The van der Waals surface area contributed by atoms with E-state index in [0.29, 0.717) is 12.1 Å². The highest BCUT2D eigenvalue weighted by molar-refractivity contribution is 4.79. The summed E-state index contributed by atoms with van der Waals surface area (Å²) in [5, 5.41) is 0. The van der Waals surface area contributed by atoms with Crippen LogP contribution in [0.2, 0.25) is 0 Å². The van der Waals surface area contributed by atoms with Crippen molar-refractivity contribution in [1.29, 1.82) is 0 Å². The molecule has 3 heteroatoms. The van der Waals surface area contributed by atoms with Crippen molar-refractivity contribution >= 4 is 0 Å². The Hall–Kier alpha value is -0.120. The van der Waals surface area contributed by atoms with Crippen molar-refractivity contribution in [1.82, 2.24) is 4.90 Å². The number of ether oxygens (including phenoxy) is 1. The Morgan fingerprint density at radius 1 is 1.47 bits per heavy atom. The Balaban J connectivity index is 2.34. The molecule has 1 aliphatic heterocycles. The molecule has 0 bridgehead atoms. The van der Waals surface area contributed by atoms with Gasteiger partial charge in [0.1, 0.15) is 0 Å². The van der Waals surface area contributed by atoms with E-state index in [0.717, 1.165) is 26.3 Å². The molecule has 2 atom stereocenters. The second-order valence-corrected chi connectivity index (χ2v) is 4.55. The van der Waals surface area contributed by atoms with Gasteiger partial charge in [-0.25, -0.2) is 0 Å². The Labute approximate surface area is 94.0 Å². The normalized spacial score (nSPS) is 25.4. The quantitative estimate of drug-likeness (QED) is 0.683. The maximum Gasteiger partial charge on any atom is 0.0619 e. The fraction of sp³-hybridized carbons (Fsp3) is 1.00. The number of rotatable bonds is 6. The van der Waals surface area contributed by atoms with E-state index in [4.69, 9.17) is 10.5 Å². The van der Waals surface area contributed by atoms with E-state index in [-0.39, 0.29) is 0 Å². The molecule has 0 aromatic carbocycles. The van der Waals surface area contributed by atoms with Gasteiger partial charge in [-0.05, 0) is 13.3 Å². The van der Waals surface area contributed by atoms with Gasteiger partial charge in [0.05, 0.1) is 13.2 Å². The highest BCUT2D eigenvalue weighted by atomic mass is 16.5. The second-order valence-electron chi connectivity index (χ2n) is 4.55. The van der Waals surface area contributed by atoms with Gasteiger partial charge >= 0.3 is 0 Å². The Bertz CT molecular complexity index is 164. The van der Waals surface area contributed by atoms with Crippen molar-refractivity contribution < 1.29 is 4.74 Å². The number of unbranched alkanes of at least 4 members (excludes halogenated alkanes) is 2. The highest BCUT2D eigenvalue weighted by Crippen LogP contribution is 2.15. The summed E-state index contributed by atoms with van der Waals surface area (Å²) >= 11 is 0. The molecule has 0 spiro atoms. The Kier molecular flexibility index (Phi) is 6.22. The highest BCUT2D eigenvalue weighted by Gasteiger charge is 2.24. The zero-order valence-corrected chi connectivity index (χ0v) is 10.2. The van der Waals surface area contributed by atoms with Crippen LogP contribution in [0.25, 0.3) is 0 Å². The molecule has 0 amide bonds. The third kappa shape index (κ3) is 4.09. The molecule has 0 saturated carbocycles. The Morgan fingerprint density at radius 2 is 2.27 bits per heavy atom. The molecule has 0 aromatic rings. The molecule has 1 saturated heterocycles. The maximum atomic E-state index is 5.87. The SMILES string of the molecule is CCCCCC(CN)N1CCOCC1C. The predicted molar refractivity (Wildman–Crippen MR) is 64.0 cm³/mol. The number of hydrogen-bond donors (Lipinski definition) is 1. The summed E-state index contributed by atoms with van der Waals surface area (Å²) in [4.78, 5) is 2.53. The van der Waals surface area contributed by atoms with Crippen LogP contribution in [0.15, 0.2) is 0 Å². The van der Waals surface area contributed by atoms with Crippen LogP contribution >= 0.6 is 0 Å². The number of hydrogen-bond acceptors (Lipinski definition) is 3. The van der Waals surface area contributed by atoms with Crippen molar-refractivity contribution in [2.24, 2.45) is 5.73 Å². The molecule has 0 aromatic heterocycles. The van der Waals surface area contributed by atoms with E-state index in [1.165, 1.54) is 25.7 Å². The minimum Gasteiger partial charge on any atom is -0.379 e. The fourth-order valence-electron chi connectivity index (χ4n) is 2.33. The first-order valence-electron chi connectivity index (χ1n) is 6.33. The molecular formula is C12H26N2O. The standard InChI is InChI=1S/C12H26N2O/c1-3-4-5-6-12(9-13)14-7-8-15-10-11(14)2/h11-12H,3-10,13H2,1-2H3. The smallest absolute Gasteiger partial charge is 0.0619 e. The third-order valence-electron chi connectivity index (χ3n) is 3.30. The second kappa shape index (κ2) is 7.20. The molecule has 0 aliphatic carbocycles. The average molecular weight is 214 g/mol. The molecular weight excluding hydrogens is 188 g/mol. The molecule has 1 fully saturated rings. The first-order chi connectivity index (χ1) is 7.29. The van der Waals surface area contributed by atoms with Crippen LogP contribution in [0.1, 0.15) is 39.5 Å². The topological polar surface area (TPSA) is 38.5 Å². The van der Waals surface area contributed by atoms with Crippen molar-refractivity contribution in [3.05, 3.63) is 0 Å². The van der Waals surface area contributed by atoms with Crippen LogP contribution in [0.3, 0.4) is 0 Å². The van der Waals surface area contributed by atoms with Crippen molar-refractivity contribution in [2.75, 3.05) is 26.3 Å². The van der Waals surface area contributed by atoms with Gasteiger partial charge in [0.15, 0.2) is 0 Å². The predicted octanol–water partition coefficient (Wildman–Crippen LogP) is 1.61. The monoisotopic (exact) mass is 214 g/mol. The van der Waals surface area contributed by atoms with Crippen LogP contribution in [-0.4, -0.2) is 43.3 Å². The summed E-state index contributed by atoms with van der Waals surface area (Å²) in [6.07, 6.45) is 5.17. The largest absolute Gasteiger partial charge is 0.379 e. The Morgan fingerprint density at radius 3 is 2.87 bits per heavy atom. The zero-order chi connectivity index (χ0) is 11.1. The van der Waals surface area contributed by atoms with Crippen molar-refractivity contribution in [3.8, 4) is 0 Å². The number of nitrogens with two attached hydrogens (primary N) is 1. The van der Waals surface area contributed by atoms with Crippen molar-refractivity contribution in [3.63, 3.8) is 0 Å². The molecule has 2 N–H and O–H groups in total. The summed E-state index contributed by atoms with van der Waals surface area (Å²) in [7, 11) is 0. The molecule has 1 rings (SSSR count). The van der Waals surface area contributed by atoms with Gasteiger partial charge in [0.2, 0.25) is 0 Å². The van der Waals surface area contributed by atoms with E-state index in [9.17, 15) is 0 Å². The van der Waals surface area contributed by atoms with E-state index >= 15 is 0 Å². The number of morpholine rings is 1. The lowest BCUT2D eigenvalue weighted by molar-refractivity contribution is -0.0221. The lowest BCUT2D eigenvalue weighted by Crippen LogP contribution is -2.51. The van der Waals surface area contributed by atoms with Crippen LogP contribution in [0, 0.1) is 0 Å². The summed E-state index contributed by atoms with van der Waals surface area (Å²) in [5.74, 6) is 0. The third-order valence-corrected chi connectivity index (χ3v) is 3.30. The fourth-order valence-corrected chi connectivity index (χ4v) is 2.33. The average Bonchev–Trinajstić information content (AvgIpc) is 2.26. The first-order valence-corrected chi connectivity index (χ1v) is 6.33. The molecule has 1 aliphatic rings. The molecule has 1 heterocycles. The molecule has 2 unspecified atom stereocenters. The van der Waals surface area contributed by atoms with Gasteiger partial charge < -0.3 is 10.5 Å². The summed E-state index contributed by atoms with van der Waals surface area (Å²) < 4.78 is 5.45. The molecule has 90 valence electrons. The lowest BCUT2D eigenvalue weighted by Gasteiger charge is -2.39. The van der Waals surface area contributed by atoms with Gasteiger partial charge in [0.25, 0.3) is 0 Å². The minimum atomic E-state index is 0.536. The van der Waals surface area contributed by atoms with E-state index < -0.39 is 0 Å². The van der Waals surface area contributed by atoms with E-state index in [1.54, 1.807) is 0 Å². The molecule has 15 heavy (non-hydrogen) atoms. The lowest BCUT2D eigenvalue weighted by atomic mass is 10.0. The first kappa shape index (κ1) is 12.9. The zero-order valence-electron chi connectivity index (χ0n) is 10.2. The van der Waals surface area contributed by atoms with Gasteiger partial charge in [-0.3, -0.25) is 4.90 Å². The summed E-state index contributed by atoms with van der Waals surface area (Å²) in [6.45, 7) is 8.05. The van der Waals surface area contributed by atoms with E-state index in [2.05, 4.69) is 18.7 Å². The van der Waals surface area contributed by atoms with Crippen LogP contribution in [0.5, 0.6) is 0 Å². The van der Waals surface area contributed by atoms with Crippen LogP contribution in [-0.2, 0) is 4.74 Å². The summed E-state index contributed by atoms with van der Waals surface area (Å²) in [6, 6.07) is 1.10. The van der Waals surface area contributed by atoms with Gasteiger partial charge in [-0.2, -0.15) is 0 Å².